The van der Waals surface area contributed by atoms with E-state index in [9.17, 15) is 17.6 Å². The van der Waals surface area contributed by atoms with E-state index in [0.717, 1.165) is 48.6 Å². The molecule has 0 saturated heterocycles. The lowest BCUT2D eigenvalue weighted by Crippen LogP contribution is -2.19. The summed E-state index contributed by atoms with van der Waals surface area (Å²) in [7, 11) is 0. The summed E-state index contributed by atoms with van der Waals surface area (Å²) in [4.78, 5) is 0. The van der Waals surface area contributed by atoms with Gasteiger partial charge in [0.1, 0.15) is 5.82 Å². The fourth-order valence-corrected chi connectivity index (χ4v) is 5.12. The van der Waals surface area contributed by atoms with Crippen LogP contribution in [0.5, 0.6) is 5.75 Å². The molecule has 0 radical (unpaired) electrons. The Balaban J connectivity index is 1.38. The highest BCUT2D eigenvalue weighted by Crippen LogP contribution is 2.34. The van der Waals surface area contributed by atoms with Crippen molar-refractivity contribution in [1.82, 2.24) is 0 Å². The number of ether oxygens (including phenoxy) is 1. The number of alkyl halides is 3. The van der Waals surface area contributed by atoms with Gasteiger partial charge < -0.3 is 4.74 Å². The molecular weight excluding hydrogens is 495 g/mol. The maximum Gasteiger partial charge on any atom is 0.422 e. The van der Waals surface area contributed by atoms with Gasteiger partial charge in [0.05, 0.1) is 5.56 Å². The van der Waals surface area contributed by atoms with Gasteiger partial charge in [-0.2, -0.15) is 13.2 Å². The fourth-order valence-electron chi connectivity index (χ4n) is 5.12. The first-order valence-electron chi connectivity index (χ1n) is 13.0. The lowest BCUT2D eigenvalue weighted by Gasteiger charge is -2.28. The first-order valence-corrected chi connectivity index (χ1v) is 13.0. The smallest absolute Gasteiger partial charge is 0.422 e. The number of allylic oxidation sites excluding steroid dienone is 1. The Morgan fingerprint density at radius 3 is 2.32 bits per heavy atom. The summed E-state index contributed by atoms with van der Waals surface area (Å²) in [6.07, 6.45) is 7.06. The molecule has 4 rings (SSSR count). The SMILES string of the molecule is C=CCCC1CCC(CCc2ccc3c(F)c(C#Cc4ccc(OCC(F)(F)F)c(F)c4)ccc3c2)CC1. The third-order valence-corrected chi connectivity index (χ3v) is 7.27. The molecular formula is C32H31F5O. The Morgan fingerprint density at radius 2 is 1.63 bits per heavy atom. The zero-order valence-electron chi connectivity index (χ0n) is 21.2. The molecule has 1 fully saturated rings. The minimum Gasteiger partial charge on any atom is -0.481 e. The highest BCUT2D eigenvalue weighted by molar-refractivity contribution is 5.85. The van der Waals surface area contributed by atoms with E-state index in [1.807, 2.05) is 24.3 Å². The van der Waals surface area contributed by atoms with Crippen LogP contribution < -0.4 is 4.74 Å². The van der Waals surface area contributed by atoms with Crippen molar-refractivity contribution in [2.24, 2.45) is 11.8 Å². The van der Waals surface area contributed by atoms with Crippen LogP contribution in [0.4, 0.5) is 22.0 Å². The third-order valence-electron chi connectivity index (χ3n) is 7.27. The summed E-state index contributed by atoms with van der Waals surface area (Å²) in [5, 5.41) is 1.27. The monoisotopic (exact) mass is 526 g/mol. The van der Waals surface area contributed by atoms with Crippen molar-refractivity contribution >= 4 is 10.8 Å². The van der Waals surface area contributed by atoms with Crippen LogP contribution in [0.25, 0.3) is 10.8 Å². The second kappa shape index (κ2) is 12.5. The van der Waals surface area contributed by atoms with E-state index in [4.69, 9.17) is 0 Å². The van der Waals surface area contributed by atoms with E-state index >= 15 is 4.39 Å². The number of hydrogen-bond acceptors (Lipinski definition) is 1. The van der Waals surface area contributed by atoms with Crippen LogP contribution in [0.3, 0.4) is 0 Å². The highest BCUT2D eigenvalue weighted by Gasteiger charge is 2.29. The summed E-state index contributed by atoms with van der Waals surface area (Å²) < 4.78 is 70.5. The number of fused-ring (bicyclic) bond motifs is 1. The van der Waals surface area contributed by atoms with Crippen LogP contribution in [0, 0.1) is 35.3 Å². The maximum atomic E-state index is 15.2. The Morgan fingerprint density at radius 1 is 0.895 bits per heavy atom. The Bertz CT molecular complexity index is 1320. The minimum absolute atomic E-state index is 0.163. The Kier molecular flexibility index (Phi) is 9.09. The van der Waals surface area contributed by atoms with E-state index in [-0.39, 0.29) is 11.1 Å². The summed E-state index contributed by atoms with van der Waals surface area (Å²) >= 11 is 0. The van der Waals surface area contributed by atoms with Crippen LogP contribution in [-0.4, -0.2) is 12.8 Å². The second-order valence-electron chi connectivity index (χ2n) is 10.1. The van der Waals surface area contributed by atoms with E-state index < -0.39 is 30.2 Å². The number of benzene rings is 3. The Hall–Kier alpha value is -3.33. The van der Waals surface area contributed by atoms with Crippen molar-refractivity contribution in [3.05, 3.63) is 89.5 Å². The van der Waals surface area contributed by atoms with E-state index in [1.54, 1.807) is 12.1 Å². The quantitative estimate of drug-likeness (QED) is 0.162. The van der Waals surface area contributed by atoms with Gasteiger partial charge in [0, 0.05) is 10.9 Å². The molecule has 0 spiro atoms. The van der Waals surface area contributed by atoms with Crippen molar-refractivity contribution < 1.29 is 26.7 Å². The van der Waals surface area contributed by atoms with Crippen LogP contribution in [0.15, 0.2) is 61.2 Å². The van der Waals surface area contributed by atoms with Gasteiger partial charge in [0.2, 0.25) is 0 Å². The molecule has 3 aromatic rings. The molecule has 0 heterocycles. The second-order valence-corrected chi connectivity index (χ2v) is 10.1. The lowest BCUT2D eigenvalue weighted by molar-refractivity contribution is -0.153. The van der Waals surface area contributed by atoms with Crippen LogP contribution in [0.2, 0.25) is 0 Å². The molecule has 0 bridgehead atoms. The molecule has 1 nitrogen and oxygen atoms in total. The van der Waals surface area contributed by atoms with Gasteiger partial charge in [0.15, 0.2) is 18.2 Å². The molecule has 1 aliphatic rings. The van der Waals surface area contributed by atoms with Crippen molar-refractivity contribution in [2.45, 2.75) is 57.5 Å². The van der Waals surface area contributed by atoms with Gasteiger partial charge in [-0.1, -0.05) is 67.9 Å². The average molecular weight is 527 g/mol. The fraction of sp³-hybridized carbons (Fsp3) is 0.375. The highest BCUT2D eigenvalue weighted by atomic mass is 19.4. The zero-order chi connectivity index (χ0) is 27.1. The molecule has 200 valence electrons. The molecule has 0 aliphatic heterocycles. The Labute approximate surface area is 220 Å². The molecule has 0 amide bonds. The topological polar surface area (TPSA) is 9.23 Å². The average Bonchev–Trinajstić information content (AvgIpc) is 2.90. The molecule has 1 saturated carbocycles. The van der Waals surface area contributed by atoms with Gasteiger partial charge in [-0.15, -0.1) is 6.58 Å². The van der Waals surface area contributed by atoms with Crippen LogP contribution in [0.1, 0.15) is 61.6 Å². The lowest BCUT2D eigenvalue weighted by atomic mass is 9.78. The van der Waals surface area contributed by atoms with Crippen LogP contribution in [-0.2, 0) is 6.42 Å². The summed E-state index contributed by atoms with van der Waals surface area (Å²) in [5.74, 6) is 5.03. The summed E-state index contributed by atoms with van der Waals surface area (Å²) in [6, 6.07) is 12.6. The van der Waals surface area contributed by atoms with Gasteiger partial charge in [-0.3, -0.25) is 0 Å². The number of hydrogen-bond donors (Lipinski definition) is 0. The van der Waals surface area contributed by atoms with Crippen molar-refractivity contribution in [3.8, 4) is 17.6 Å². The predicted molar refractivity (Wildman–Crippen MR) is 141 cm³/mol. The van der Waals surface area contributed by atoms with Crippen molar-refractivity contribution in [1.29, 1.82) is 0 Å². The van der Waals surface area contributed by atoms with Crippen LogP contribution >= 0.6 is 0 Å². The summed E-state index contributed by atoms with van der Waals surface area (Å²) in [5.41, 5.74) is 1.55. The standard InChI is InChI=1S/C32H31F5O/c1-2-3-4-22-5-7-23(8-6-22)9-10-24-12-17-28-27(19-24)16-15-26(31(28)34)14-11-25-13-18-30(29(33)20-25)38-21-32(35,36)37/h2,12-13,15-20,22-23H,1,3-10,21H2. The predicted octanol–water partition coefficient (Wildman–Crippen LogP) is 9.16. The first-order chi connectivity index (χ1) is 18.2. The largest absolute Gasteiger partial charge is 0.481 e. The molecule has 38 heavy (non-hydrogen) atoms. The molecule has 6 heteroatoms. The van der Waals surface area contributed by atoms with Gasteiger partial charge in [-0.05, 0) is 72.7 Å². The molecule has 0 N–H and O–H groups in total. The number of rotatable bonds is 8. The first kappa shape index (κ1) is 27.7. The maximum absolute atomic E-state index is 15.2. The molecule has 3 aromatic carbocycles. The minimum atomic E-state index is -4.57. The zero-order valence-corrected chi connectivity index (χ0v) is 21.2. The normalized spacial score (nSPS) is 17.6. The van der Waals surface area contributed by atoms with E-state index in [2.05, 4.69) is 23.2 Å². The van der Waals surface area contributed by atoms with Crippen molar-refractivity contribution in [3.63, 3.8) is 0 Å². The number of halogens is 5. The van der Waals surface area contributed by atoms with Gasteiger partial charge in [-0.25, -0.2) is 8.78 Å². The van der Waals surface area contributed by atoms with E-state index in [1.165, 1.54) is 43.7 Å². The third kappa shape index (κ3) is 7.60. The molecule has 1 aliphatic carbocycles. The van der Waals surface area contributed by atoms with E-state index in [0.29, 0.717) is 5.39 Å². The number of aryl methyl sites for hydroxylation is 1. The molecule has 0 atom stereocenters. The summed E-state index contributed by atoms with van der Waals surface area (Å²) in [6.45, 7) is 2.23. The van der Waals surface area contributed by atoms with Gasteiger partial charge in [0.25, 0.3) is 0 Å². The molecule has 0 aromatic heterocycles. The van der Waals surface area contributed by atoms with Crippen molar-refractivity contribution in [2.75, 3.05) is 6.61 Å². The molecule has 0 unspecified atom stereocenters. The van der Waals surface area contributed by atoms with Gasteiger partial charge >= 0.3 is 6.18 Å².